The Balaban J connectivity index is 1.94. The lowest BCUT2D eigenvalue weighted by Crippen LogP contribution is -2.43. The molecule has 0 radical (unpaired) electrons. The third kappa shape index (κ3) is 3.72. The normalized spacial score (nSPS) is 24.1. The van der Waals surface area contributed by atoms with Gasteiger partial charge >= 0.3 is 0 Å². The van der Waals surface area contributed by atoms with Gasteiger partial charge in [0.2, 0.25) is 0 Å². The van der Waals surface area contributed by atoms with Crippen molar-refractivity contribution in [2.24, 2.45) is 5.92 Å². The quantitative estimate of drug-likeness (QED) is 0.841. The lowest BCUT2D eigenvalue weighted by molar-refractivity contribution is 0.0323. The third-order valence-corrected chi connectivity index (χ3v) is 3.56. The average Bonchev–Trinajstić information content (AvgIpc) is 2.40. The zero-order chi connectivity index (χ0) is 12.8. The highest BCUT2D eigenvalue weighted by atomic mass is 16.5. The van der Waals surface area contributed by atoms with Crippen molar-refractivity contribution in [2.45, 2.75) is 32.2 Å². The topological polar surface area (TPSA) is 41.5 Å². The minimum atomic E-state index is 0.333. The molecule has 1 aliphatic rings. The Morgan fingerprint density at radius 3 is 2.83 bits per heavy atom. The van der Waals surface area contributed by atoms with E-state index in [9.17, 15) is 5.11 Å². The number of ether oxygens (including phenoxy) is 1. The van der Waals surface area contributed by atoms with Crippen molar-refractivity contribution in [3.63, 3.8) is 0 Å². The summed E-state index contributed by atoms with van der Waals surface area (Å²) in [7, 11) is 0. The Morgan fingerprint density at radius 1 is 1.33 bits per heavy atom. The first-order valence-electron chi connectivity index (χ1n) is 6.88. The van der Waals surface area contributed by atoms with Crippen LogP contribution in [0.25, 0.3) is 0 Å². The molecule has 100 valence electrons. The van der Waals surface area contributed by atoms with Crippen LogP contribution in [0.1, 0.15) is 25.3 Å². The van der Waals surface area contributed by atoms with E-state index in [1.165, 1.54) is 12.0 Å². The number of benzene rings is 1. The number of phenolic OH excluding ortho intramolecular Hbond substituents is 1. The summed E-state index contributed by atoms with van der Waals surface area (Å²) in [4.78, 5) is 0. The van der Waals surface area contributed by atoms with Crippen LogP contribution in [0.5, 0.6) is 5.75 Å². The van der Waals surface area contributed by atoms with Gasteiger partial charge in [0, 0.05) is 18.6 Å². The average molecular weight is 249 g/mol. The standard InChI is InChI=1S/C15H23NO2/c1-2-8-16-15-7-9-18-11-13(15)10-12-3-5-14(17)6-4-12/h3-6,13,15-17H,2,7-11H2,1H3. The van der Waals surface area contributed by atoms with Crippen LogP contribution >= 0.6 is 0 Å². The Labute approximate surface area is 109 Å². The zero-order valence-electron chi connectivity index (χ0n) is 11.1. The fourth-order valence-electron chi connectivity index (χ4n) is 2.53. The van der Waals surface area contributed by atoms with Crippen molar-refractivity contribution < 1.29 is 9.84 Å². The summed E-state index contributed by atoms with van der Waals surface area (Å²) < 4.78 is 5.60. The van der Waals surface area contributed by atoms with Gasteiger partial charge in [0.15, 0.2) is 0 Å². The van der Waals surface area contributed by atoms with Crippen LogP contribution < -0.4 is 5.32 Å². The molecule has 1 aliphatic heterocycles. The minimum absolute atomic E-state index is 0.333. The van der Waals surface area contributed by atoms with Crippen LogP contribution in [0.3, 0.4) is 0 Å². The molecule has 0 aliphatic carbocycles. The SMILES string of the molecule is CCCNC1CCOCC1Cc1ccc(O)cc1. The van der Waals surface area contributed by atoms with Gasteiger partial charge < -0.3 is 15.2 Å². The number of rotatable bonds is 5. The summed E-state index contributed by atoms with van der Waals surface area (Å²) in [6, 6.07) is 8.08. The molecule has 0 amide bonds. The van der Waals surface area contributed by atoms with Crippen molar-refractivity contribution in [1.82, 2.24) is 5.32 Å². The van der Waals surface area contributed by atoms with Gasteiger partial charge in [-0.3, -0.25) is 0 Å². The summed E-state index contributed by atoms with van der Waals surface area (Å²) >= 11 is 0. The van der Waals surface area contributed by atoms with Crippen molar-refractivity contribution in [1.29, 1.82) is 0 Å². The van der Waals surface area contributed by atoms with E-state index >= 15 is 0 Å². The van der Waals surface area contributed by atoms with Crippen LogP contribution in [0, 0.1) is 5.92 Å². The molecule has 1 aromatic rings. The number of hydrogen-bond donors (Lipinski definition) is 2. The van der Waals surface area contributed by atoms with E-state index < -0.39 is 0 Å². The lowest BCUT2D eigenvalue weighted by Gasteiger charge is -2.32. The first-order valence-corrected chi connectivity index (χ1v) is 6.88. The van der Waals surface area contributed by atoms with Gasteiger partial charge in [-0.05, 0) is 43.5 Å². The fourth-order valence-corrected chi connectivity index (χ4v) is 2.53. The van der Waals surface area contributed by atoms with Gasteiger partial charge in [0.05, 0.1) is 6.61 Å². The first-order chi connectivity index (χ1) is 8.79. The summed E-state index contributed by atoms with van der Waals surface area (Å²) in [6.07, 6.45) is 3.29. The van der Waals surface area contributed by atoms with E-state index in [-0.39, 0.29) is 0 Å². The molecule has 3 heteroatoms. The number of phenols is 1. The number of hydrogen-bond acceptors (Lipinski definition) is 3. The summed E-state index contributed by atoms with van der Waals surface area (Å²) in [6.45, 7) is 4.98. The smallest absolute Gasteiger partial charge is 0.115 e. The minimum Gasteiger partial charge on any atom is -0.508 e. The highest BCUT2D eigenvalue weighted by molar-refractivity contribution is 5.26. The van der Waals surface area contributed by atoms with Crippen LogP contribution in [-0.2, 0) is 11.2 Å². The fraction of sp³-hybridized carbons (Fsp3) is 0.600. The molecule has 2 atom stereocenters. The first kappa shape index (κ1) is 13.4. The second-order valence-corrected chi connectivity index (χ2v) is 5.05. The van der Waals surface area contributed by atoms with Crippen molar-refractivity contribution >= 4 is 0 Å². The molecule has 3 nitrogen and oxygen atoms in total. The maximum absolute atomic E-state index is 9.29. The molecule has 0 bridgehead atoms. The Kier molecular flexibility index (Phi) is 5.02. The monoisotopic (exact) mass is 249 g/mol. The highest BCUT2D eigenvalue weighted by Crippen LogP contribution is 2.21. The van der Waals surface area contributed by atoms with Crippen molar-refractivity contribution in [2.75, 3.05) is 19.8 Å². The van der Waals surface area contributed by atoms with Gasteiger partial charge in [0.1, 0.15) is 5.75 Å². The van der Waals surface area contributed by atoms with E-state index in [2.05, 4.69) is 12.2 Å². The lowest BCUT2D eigenvalue weighted by atomic mass is 9.89. The molecule has 1 heterocycles. The molecule has 2 N–H and O–H groups in total. The van der Waals surface area contributed by atoms with E-state index in [0.717, 1.165) is 32.6 Å². The van der Waals surface area contributed by atoms with Gasteiger partial charge in [-0.2, -0.15) is 0 Å². The maximum atomic E-state index is 9.29. The van der Waals surface area contributed by atoms with Crippen LogP contribution in [0.4, 0.5) is 0 Å². The molecule has 2 unspecified atom stereocenters. The van der Waals surface area contributed by atoms with Crippen LogP contribution in [0.15, 0.2) is 24.3 Å². The van der Waals surface area contributed by atoms with E-state index in [4.69, 9.17) is 4.74 Å². The molecule has 1 aromatic carbocycles. The largest absolute Gasteiger partial charge is 0.508 e. The summed E-state index contributed by atoms with van der Waals surface area (Å²) in [5.41, 5.74) is 1.27. The highest BCUT2D eigenvalue weighted by Gasteiger charge is 2.25. The molecular formula is C15H23NO2. The van der Waals surface area contributed by atoms with E-state index in [1.54, 1.807) is 12.1 Å². The second-order valence-electron chi connectivity index (χ2n) is 5.05. The molecule has 2 rings (SSSR count). The van der Waals surface area contributed by atoms with E-state index in [0.29, 0.717) is 17.7 Å². The molecule has 0 saturated carbocycles. The van der Waals surface area contributed by atoms with Crippen LogP contribution in [-0.4, -0.2) is 30.9 Å². The predicted octanol–water partition coefficient (Wildman–Crippen LogP) is 2.34. The molecule has 1 fully saturated rings. The number of nitrogens with one attached hydrogen (secondary N) is 1. The second kappa shape index (κ2) is 6.76. The van der Waals surface area contributed by atoms with Gasteiger partial charge in [-0.1, -0.05) is 19.1 Å². The van der Waals surface area contributed by atoms with Crippen LogP contribution in [0.2, 0.25) is 0 Å². The molecule has 1 saturated heterocycles. The summed E-state index contributed by atoms with van der Waals surface area (Å²) in [5, 5.41) is 12.9. The molecule has 0 aromatic heterocycles. The molecule has 0 spiro atoms. The Bertz CT molecular complexity index is 350. The van der Waals surface area contributed by atoms with Gasteiger partial charge in [-0.15, -0.1) is 0 Å². The zero-order valence-corrected chi connectivity index (χ0v) is 11.1. The van der Waals surface area contributed by atoms with E-state index in [1.807, 2.05) is 12.1 Å². The predicted molar refractivity (Wildman–Crippen MR) is 72.8 cm³/mol. The molecule has 18 heavy (non-hydrogen) atoms. The third-order valence-electron chi connectivity index (χ3n) is 3.56. The van der Waals surface area contributed by atoms with Crippen molar-refractivity contribution in [3.8, 4) is 5.75 Å². The molecular weight excluding hydrogens is 226 g/mol. The Hall–Kier alpha value is -1.06. The number of aromatic hydroxyl groups is 1. The van der Waals surface area contributed by atoms with Gasteiger partial charge in [0.25, 0.3) is 0 Å². The summed E-state index contributed by atoms with van der Waals surface area (Å²) in [5.74, 6) is 0.870. The Morgan fingerprint density at radius 2 is 2.11 bits per heavy atom. The maximum Gasteiger partial charge on any atom is 0.115 e. The van der Waals surface area contributed by atoms with Crippen molar-refractivity contribution in [3.05, 3.63) is 29.8 Å². The van der Waals surface area contributed by atoms with Gasteiger partial charge in [-0.25, -0.2) is 0 Å².